The second-order valence-corrected chi connectivity index (χ2v) is 5.53. The predicted octanol–water partition coefficient (Wildman–Crippen LogP) is 4.83. The van der Waals surface area contributed by atoms with E-state index < -0.39 is 0 Å². The molecule has 2 nitrogen and oxygen atoms in total. The molecule has 0 radical (unpaired) electrons. The van der Waals surface area contributed by atoms with Gasteiger partial charge in [-0.15, -0.1) is 11.3 Å². The monoisotopic (exact) mass is 286 g/mol. The molecule has 0 fully saturated rings. The summed E-state index contributed by atoms with van der Waals surface area (Å²) in [4.78, 5) is 8.90. The van der Waals surface area contributed by atoms with Gasteiger partial charge in [0.2, 0.25) is 0 Å². The molecule has 0 atom stereocenters. The molecule has 2 heterocycles. The molecule has 3 aromatic rings. The van der Waals surface area contributed by atoms with E-state index in [4.69, 9.17) is 11.6 Å². The predicted molar refractivity (Wildman–Crippen MR) is 80.5 cm³/mol. The lowest BCUT2D eigenvalue weighted by molar-refractivity contribution is 1.29. The molecule has 1 aromatic carbocycles. The van der Waals surface area contributed by atoms with E-state index in [1.807, 2.05) is 17.5 Å². The Kier molecular flexibility index (Phi) is 3.32. The van der Waals surface area contributed by atoms with Crippen molar-refractivity contribution in [2.24, 2.45) is 0 Å². The van der Waals surface area contributed by atoms with E-state index >= 15 is 0 Å². The number of thiazole rings is 1. The molecule has 0 aliphatic rings. The van der Waals surface area contributed by atoms with Crippen LogP contribution in [0, 0.1) is 6.92 Å². The standard InChI is InChI=1S/C15H11ClN2S/c1-10-2-4-11(5-3-10)13-7-6-12(16)14(18-13)15-17-8-9-19-15/h2-9H,1H3. The van der Waals surface area contributed by atoms with Gasteiger partial charge in [-0.25, -0.2) is 9.97 Å². The Hall–Kier alpha value is -1.71. The minimum atomic E-state index is 0.630. The minimum Gasteiger partial charge on any atom is -0.244 e. The third kappa shape index (κ3) is 2.53. The first-order valence-corrected chi connectivity index (χ1v) is 7.13. The second kappa shape index (κ2) is 5.11. The van der Waals surface area contributed by atoms with Crippen LogP contribution in [-0.2, 0) is 0 Å². The van der Waals surface area contributed by atoms with E-state index in [1.54, 1.807) is 6.20 Å². The van der Waals surface area contributed by atoms with E-state index in [0.29, 0.717) is 5.02 Å². The van der Waals surface area contributed by atoms with Crippen molar-refractivity contribution < 1.29 is 0 Å². The molecule has 4 heteroatoms. The van der Waals surface area contributed by atoms with Crippen molar-refractivity contribution in [2.45, 2.75) is 6.92 Å². The molecule has 0 unspecified atom stereocenters. The van der Waals surface area contributed by atoms with Gasteiger partial charge in [0, 0.05) is 17.1 Å². The van der Waals surface area contributed by atoms with E-state index in [2.05, 4.69) is 41.2 Å². The Morgan fingerprint density at radius 2 is 1.84 bits per heavy atom. The average Bonchev–Trinajstić information content (AvgIpc) is 2.94. The lowest BCUT2D eigenvalue weighted by Crippen LogP contribution is -1.89. The molecular formula is C15H11ClN2S. The van der Waals surface area contributed by atoms with Crippen LogP contribution in [0.2, 0.25) is 5.02 Å². The van der Waals surface area contributed by atoms with E-state index in [1.165, 1.54) is 16.9 Å². The molecule has 19 heavy (non-hydrogen) atoms. The van der Waals surface area contributed by atoms with Crippen molar-refractivity contribution in [3.8, 4) is 22.0 Å². The zero-order valence-corrected chi connectivity index (χ0v) is 11.9. The highest BCUT2D eigenvalue weighted by molar-refractivity contribution is 7.13. The van der Waals surface area contributed by atoms with Crippen LogP contribution in [0.1, 0.15) is 5.56 Å². The van der Waals surface area contributed by atoms with Gasteiger partial charge in [0.1, 0.15) is 10.7 Å². The Morgan fingerprint density at radius 3 is 2.53 bits per heavy atom. The van der Waals surface area contributed by atoms with Crippen molar-refractivity contribution in [2.75, 3.05) is 0 Å². The maximum Gasteiger partial charge on any atom is 0.143 e. The number of hydrogen-bond acceptors (Lipinski definition) is 3. The number of benzene rings is 1. The van der Waals surface area contributed by atoms with Gasteiger partial charge in [0.15, 0.2) is 0 Å². The van der Waals surface area contributed by atoms with Gasteiger partial charge in [-0.1, -0.05) is 41.4 Å². The molecule has 2 aromatic heterocycles. The Balaban J connectivity index is 2.09. The van der Waals surface area contributed by atoms with Gasteiger partial charge in [-0.3, -0.25) is 0 Å². The molecule has 3 rings (SSSR count). The maximum atomic E-state index is 6.20. The summed E-state index contributed by atoms with van der Waals surface area (Å²) in [5.41, 5.74) is 3.97. The van der Waals surface area contributed by atoms with Crippen molar-refractivity contribution in [1.29, 1.82) is 0 Å². The zero-order valence-electron chi connectivity index (χ0n) is 10.3. The molecule has 0 aliphatic carbocycles. The molecular weight excluding hydrogens is 276 g/mol. The van der Waals surface area contributed by atoms with E-state index in [9.17, 15) is 0 Å². The first-order valence-electron chi connectivity index (χ1n) is 5.87. The van der Waals surface area contributed by atoms with Gasteiger partial charge in [-0.2, -0.15) is 0 Å². The Morgan fingerprint density at radius 1 is 1.05 bits per heavy atom. The highest BCUT2D eigenvalue weighted by atomic mass is 35.5. The summed E-state index contributed by atoms with van der Waals surface area (Å²) in [6, 6.07) is 12.1. The molecule has 0 amide bonds. The van der Waals surface area contributed by atoms with Crippen molar-refractivity contribution in [3.63, 3.8) is 0 Å². The minimum absolute atomic E-state index is 0.630. The maximum absolute atomic E-state index is 6.20. The number of aromatic nitrogens is 2. The summed E-state index contributed by atoms with van der Waals surface area (Å²) in [5, 5.41) is 3.40. The summed E-state index contributed by atoms with van der Waals surface area (Å²) < 4.78 is 0. The van der Waals surface area contributed by atoms with Gasteiger partial charge in [0.05, 0.1) is 10.7 Å². The largest absolute Gasteiger partial charge is 0.244 e. The molecule has 0 saturated heterocycles. The molecule has 94 valence electrons. The first-order chi connectivity index (χ1) is 9.24. The lowest BCUT2D eigenvalue weighted by atomic mass is 10.1. The first kappa shape index (κ1) is 12.3. The van der Waals surface area contributed by atoms with E-state index in [-0.39, 0.29) is 0 Å². The highest BCUT2D eigenvalue weighted by Gasteiger charge is 2.10. The number of nitrogens with zero attached hydrogens (tertiary/aromatic N) is 2. The quantitative estimate of drug-likeness (QED) is 0.674. The summed E-state index contributed by atoms with van der Waals surface area (Å²) in [6.07, 6.45) is 1.76. The molecule has 0 aliphatic heterocycles. The van der Waals surface area contributed by atoms with Gasteiger partial charge < -0.3 is 0 Å². The summed E-state index contributed by atoms with van der Waals surface area (Å²) in [5.74, 6) is 0. The molecule has 0 N–H and O–H groups in total. The van der Waals surface area contributed by atoms with Crippen LogP contribution in [-0.4, -0.2) is 9.97 Å². The average molecular weight is 287 g/mol. The zero-order chi connectivity index (χ0) is 13.2. The van der Waals surface area contributed by atoms with Crippen LogP contribution in [0.4, 0.5) is 0 Å². The summed E-state index contributed by atoms with van der Waals surface area (Å²) >= 11 is 7.74. The molecule has 0 bridgehead atoms. The fourth-order valence-electron chi connectivity index (χ4n) is 1.82. The second-order valence-electron chi connectivity index (χ2n) is 4.23. The number of pyridine rings is 1. The Labute approximate surface area is 120 Å². The highest BCUT2D eigenvalue weighted by Crippen LogP contribution is 2.30. The van der Waals surface area contributed by atoms with Crippen molar-refractivity contribution in [1.82, 2.24) is 9.97 Å². The van der Waals surface area contributed by atoms with Crippen LogP contribution in [0.3, 0.4) is 0 Å². The number of aryl methyl sites for hydroxylation is 1. The number of hydrogen-bond donors (Lipinski definition) is 0. The third-order valence-corrected chi connectivity index (χ3v) is 3.91. The Bertz CT molecular complexity index is 691. The number of halogens is 1. The third-order valence-electron chi connectivity index (χ3n) is 2.83. The van der Waals surface area contributed by atoms with Gasteiger partial charge in [0.25, 0.3) is 0 Å². The van der Waals surface area contributed by atoms with Crippen molar-refractivity contribution in [3.05, 3.63) is 58.6 Å². The molecule has 0 saturated carbocycles. The van der Waals surface area contributed by atoms with E-state index in [0.717, 1.165) is 22.0 Å². The molecule has 0 spiro atoms. The number of rotatable bonds is 2. The van der Waals surface area contributed by atoms with Crippen LogP contribution < -0.4 is 0 Å². The lowest BCUT2D eigenvalue weighted by Gasteiger charge is -2.05. The van der Waals surface area contributed by atoms with Gasteiger partial charge >= 0.3 is 0 Å². The van der Waals surface area contributed by atoms with Crippen LogP contribution in [0.5, 0.6) is 0 Å². The fourth-order valence-corrected chi connectivity index (χ4v) is 2.71. The van der Waals surface area contributed by atoms with Crippen LogP contribution in [0.15, 0.2) is 48.0 Å². The smallest absolute Gasteiger partial charge is 0.143 e. The normalized spacial score (nSPS) is 10.6. The van der Waals surface area contributed by atoms with Crippen LogP contribution in [0.25, 0.3) is 22.0 Å². The summed E-state index contributed by atoms with van der Waals surface area (Å²) in [6.45, 7) is 2.07. The fraction of sp³-hybridized carbons (Fsp3) is 0.0667. The van der Waals surface area contributed by atoms with Gasteiger partial charge in [-0.05, 0) is 19.1 Å². The van der Waals surface area contributed by atoms with Crippen LogP contribution >= 0.6 is 22.9 Å². The van der Waals surface area contributed by atoms with Crippen molar-refractivity contribution >= 4 is 22.9 Å². The summed E-state index contributed by atoms with van der Waals surface area (Å²) in [7, 11) is 0. The topological polar surface area (TPSA) is 25.8 Å². The SMILES string of the molecule is Cc1ccc(-c2ccc(Cl)c(-c3nccs3)n2)cc1.